The highest BCUT2D eigenvalue weighted by molar-refractivity contribution is 6.31. The van der Waals surface area contributed by atoms with Gasteiger partial charge in [-0.3, -0.25) is 9.78 Å². The summed E-state index contributed by atoms with van der Waals surface area (Å²) in [4.78, 5) is 21.8. The van der Waals surface area contributed by atoms with Crippen molar-refractivity contribution >= 4 is 22.5 Å². The molecule has 0 radical (unpaired) electrons. The molecule has 5 rings (SSSR count). The molecule has 5 aromatic rings. The number of benzene rings is 1. The van der Waals surface area contributed by atoms with E-state index in [1.54, 1.807) is 19.1 Å². The molecule has 0 aliphatic heterocycles. The van der Waals surface area contributed by atoms with E-state index in [9.17, 15) is 23.1 Å². The topological polar surface area (TPSA) is 82.2 Å². The highest BCUT2D eigenvalue weighted by Crippen LogP contribution is 2.35. The summed E-state index contributed by atoms with van der Waals surface area (Å²) in [6.07, 6.45) is -3.49. The number of hydrogen-bond donors (Lipinski definition) is 1. The smallest absolute Gasteiger partial charge is 0.421 e. The number of aromatic nitrogens is 4. The maximum absolute atomic E-state index is 13.3. The van der Waals surface area contributed by atoms with Crippen LogP contribution in [-0.4, -0.2) is 24.2 Å². The number of alkyl halides is 3. The van der Waals surface area contributed by atoms with Crippen LogP contribution in [0.4, 0.5) is 13.2 Å². The lowest BCUT2D eigenvalue weighted by molar-refractivity contribution is -0.138. The van der Waals surface area contributed by atoms with Crippen molar-refractivity contribution in [2.75, 3.05) is 0 Å². The Hall–Kier alpha value is -4.15. The van der Waals surface area contributed by atoms with E-state index in [-0.39, 0.29) is 19.8 Å². The average Bonchev–Trinajstić information content (AvgIpc) is 3.28. The van der Waals surface area contributed by atoms with Crippen molar-refractivity contribution in [1.82, 2.24) is 19.1 Å². The number of aliphatic hydroxyl groups is 1. The fourth-order valence-electron chi connectivity index (χ4n) is 4.85. The Bertz CT molecular complexity index is 1830. The van der Waals surface area contributed by atoms with Crippen molar-refractivity contribution in [3.8, 4) is 17.0 Å². The normalized spacial score (nSPS) is 11.8. The number of nitrogens with zero attached hydrogens (tertiary/aromatic N) is 4. The van der Waals surface area contributed by atoms with Crippen molar-refractivity contribution < 1.29 is 23.0 Å². The van der Waals surface area contributed by atoms with Crippen LogP contribution in [0.15, 0.2) is 65.6 Å². The molecule has 0 aliphatic carbocycles. The second-order valence-corrected chi connectivity index (χ2v) is 10.1. The molecule has 4 aromatic heterocycles. The lowest BCUT2D eigenvalue weighted by Crippen LogP contribution is -2.29. The van der Waals surface area contributed by atoms with Crippen molar-refractivity contribution in [3.63, 3.8) is 0 Å². The minimum absolute atomic E-state index is 0.0575. The predicted octanol–water partition coefficient (Wildman–Crippen LogP) is 6.21. The molecule has 212 valence electrons. The van der Waals surface area contributed by atoms with E-state index in [1.165, 1.54) is 12.3 Å². The van der Waals surface area contributed by atoms with Gasteiger partial charge in [0.1, 0.15) is 23.4 Å². The minimum Gasteiger partial charge on any atom is -0.486 e. The van der Waals surface area contributed by atoms with Crippen LogP contribution in [0.5, 0.6) is 5.75 Å². The van der Waals surface area contributed by atoms with Gasteiger partial charge in [-0.1, -0.05) is 23.7 Å². The van der Waals surface area contributed by atoms with Crippen LogP contribution < -0.4 is 10.3 Å². The molecule has 0 unspecified atom stereocenters. The maximum atomic E-state index is 13.3. The molecule has 0 saturated carbocycles. The standard InChI is InChI=1S/C30H26ClF3N4O3/c1-17-12-21(26-10-9-19(15-39)37(26)3)20-6-4-8-27(28(20)36-17)41-16-22-24(31)13-18(2)35-25(22)14-38-11-5-7-23(29(38)40)30(32,33)34/h4-13,39H,14-16H2,1-3H3. The van der Waals surface area contributed by atoms with Crippen LogP contribution in [0, 0.1) is 13.8 Å². The molecule has 0 atom stereocenters. The van der Waals surface area contributed by atoms with Gasteiger partial charge in [0.2, 0.25) is 0 Å². The van der Waals surface area contributed by atoms with Crippen LogP contribution in [0.25, 0.3) is 22.2 Å². The van der Waals surface area contributed by atoms with Crippen LogP contribution in [-0.2, 0) is 33.0 Å². The Kier molecular flexibility index (Phi) is 7.63. The second kappa shape index (κ2) is 11.0. The number of halogens is 4. The summed E-state index contributed by atoms with van der Waals surface area (Å²) in [5, 5.41) is 10.8. The number of fused-ring (bicyclic) bond motifs is 1. The molecule has 0 spiro atoms. The first kappa shape index (κ1) is 28.4. The molecule has 41 heavy (non-hydrogen) atoms. The summed E-state index contributed by atoms with van der Waals surface area (Å²) in [6, 6.07) is 14.9. The molecular formula is C30H26ClF3N4O3. The highest BCUT2D eigenvalue weighted by atomic mass is 35.5. The molecule has 0 amide bonds. The molecule has 11 heteroatoms. The highest BCUT2D eigenvalue weighted by Gasteiger charge is 2.34. The number of aliphatic hydroxyl groups excluding tert-OH is 1. The second-order valence-electron chi connectivity index (χ2n) is 9.70. The van der Waals surface area contributed by atoms with Gasteiger partial charge in [-0.05, 0) is 56.3 Å². The molecule has 0 fully saturated rings. The monoisotopic (exact) mass is 582 g/mol. The van der Waals surface area contributed by atoms with Crippen LogP contribution in [0.2, 0.25) is 5.02 Å². The van der Waals surface area contributed by atoms with Gasteiger partial charge in [0.15, 0.2) is 0 Å². The third-order valence-corrected chi connectivity index (χ3v) is 7.23. The first-order valence-corrected chi connectivity index (χ1v) is 13.1. The lowest BCUT2D eigenvalue weighted by atomic mass is 10.0. The zero-order chi connectivity index (χ0) is 29.5. The van der Waals surface area contributed by atoms with E-state index < -0.39 is 17.3 Å². The van der Waals surface area contributed by atoms with Crippen molar-refractivity contribution in [1.29, 1.82) is 0 Å². The van der Waals surface area contributed by atoms with E-state index in [2.05, 4.69) is 4.98 Å². The minimum atomic E-state index is -4.78. The van der Waals surface area contributed by atoms with Crippen LogP contribution in [0.3, 0.4) is 0 Å². The average molecular weight is 583 g/mol. The van der Waals surface area contributed by atoms with Gasteiger partial charge in [0.05, 0.1) is 23.9 Å². The van der Waals surface area contributed by atoms with E-state index >= 15 is 0 Å². The summed E-state index contributed by atoms with van der Waals surface area (Å²) in [7, 11) is 1.88. The van der Waals surface area contributed by atoms with E-state index in [0.29, 0.717) is 33.2 Å². The first-order chi connectivity index (χ1) is 19.5. The van der Waals surface area contributed by atoms with Crippen LogP contribution >= 0.6 is 11.6 Å². The molecule has 1 N–H and O–H groups in total. The zero-order valence-corrected chi connectivity index (χ0v) is 23.2. The molecular weight excluding hydrogens is 557 g/mol. The molecule has 0 saturated heterocycles. The van der Waals surface area contributed by atoms with E-state index in [0.717, 1.165) is 38.7 Å². The summed E-state index contributed by atoms with van der Waals surface area (Å²) in [5.74, 6) is 0.475. The van der Waals surface area contributed by atoms with E-state index in [4.69, 9.17) is 21.3 Å². The van der Waals surface area contributed by atoms with Crippen molar-refractivity contribution in [3.05, 3.63) is 110 Å². The molecule has 4 heterocycles. The predicted molar refractivity (Wildman–Crippen MR) is 150 cm³/mol. The van der Waals surface area contributed by atoms with Crippen molar-refractivity contribution in [2.45, 2.75) is 39.8 Å². The Balaban J connectivity index is 1.52. The fourth-order valence-corrected chi connectivity index (χ4v) is 5.18. The van der Waals surface area contributed by atoms with Gasteiger partial charge in [0, 0.05) is 52.5 Å². The largest absolute Gasteiger partial charge is 0.486 e. The fraction of sp³-hybridized carbons (Fsp3) is 0.233. The maximum Gasteiger partial charge on any atom is 0.421 e. The number of aryl methyl sites for hydroxylation is 2. The summed E-state index contributed by atoms with van der Waals surface area (Å²) >= 11 is 6.57. The van der Waals surface area contributed by atoms with Gasteiger partial charge >= 0.3 is 6.18 Å². The zero-order valence-electron chi connectivity index (χ0n) is 22.5. The molecule has 0 aliphatic rings. The Morgan fingerprint density at radius 2 is 1.78 bits per heavy atom. The Morgan fingerprint density at radius 1 is 1.02 bits per heavy atom. The number of ether oxygens (including phenoxy) is 1. The number of pyridine rings is 3. The van der Waals surface area contributed by atoms with Gasteiger partial charge < -0.3 is 19.0 Å². The molecule has 0 bridgehead atoms. The van der Waals surface area contributed by atoms with Gasteiger partial charge in [-0.25, -0.2) is 4.98 Å². The Labute approximate surface area is 238 Å². The summed E-state index contributed by atoms with van der Waals surface area (Å²) < 4.78 is 49.1. The van der Waals surface area contributed by atoms with Gasteiger partial charge in [-0.15, -0.1) is 0 Å². The van der Waals surface area contributed by atoms with E-state index in [1.807, 2.05) is 48.9 Å². The van der Waals surface area contributed by atoms with Gasteiger partial charge in [-0.2, -0.15) is 13.2 Å². The summed E-state index contributed by atoms with van der Waals surface area (Å²) in [5.41, 5.74) is 2.85. The number of rotatable bonds is 7. The SMILES string of the molecule is Cc1cc(Cl)c(COc2cccc3c(-c4ccc(CO)n4C)cc(C)nc23)c(Cn2cccc(C(F)(F)F)c2=O)n1. The first-order valence-electron chi connectivity index (χ1n) is 12.7. The quantitative estimate of drug-likeness (QED) is 0.247. The van der Waals surface area contributed by atoms with Gasteiger partial charge in [0.25, 0.3) is 5.56 Å². The lowest BCUT2D eigenvalue weighted by Gasteiger charge is -2.17. The third-order valence-electron chi connectivity index (χ3n) is 6.90. The molecule has 7 nitrogen and oxygen atoms in total. The molecule has 1 aromatic carbocycles. The van der Waals surface area contributed by atoms with Crippen LogP contribution in [0.1, 0.15) is 33.9 Å². The number of hydrogen-bond acceptors (Lipinski definition) is 5. The third kappa shape index (κ3) is 5.57. The number of para-hydroxylation sites is 1. The summed E-state index contributed by atoms with van der Waals surface area (Å²) in [6.45, 7) is 3.21. The van der Waals surface area contributed by atoms with Crippen molar-refractivity contribution in [2.24, 2.45) is 7.05 Å². The Morgan fingerprint density at radius 3 is 2.49 bits per heavy atom.